The fourth-order valence-corrected chi connectivity index (χ4v) is 29.3. The fraction of sp³-hybridized carbons (Fsp3) is 0.604. The Morgan fingerprint density at radius 3 is 2.02 bits per heavy atom. The lowest BCUT2D eigenvalue weighted by atomic mass is 9.79. The Labute approximate surface area is 678 Å². The van der Waals surface area contributed by atoms with E-state index in [9.17, 15) is 0 Å². The summed E-state index contributed by atoms with van der Waals surface area (Å²) in [6.45, 7) is 46.8. The van der Waals surface area contributed by atoms with E-state index in [0.29, 0.717) is 79.4 Å². The first-order valence-electron chi connectivity index (χ1n) is 40.8. The molecule has 0 aliphatic carbocycles. The smallest absolute Gasteiger partial charge is 0.261 e. The summed E-state index contributed by atoms with van der Waals surface area (Å²) < 4.78 is 94.8. The van der Waals surface area contributed by atoms with Crippen molar-refractivity contribution in [2.75, 3.05) is 35.0 Å². The Kier molecular flexibility index (Phi) is 32.6. The van der Waals surface area contributed by atoms with E-state index in [1.165, 1.54) is 15.9 Å². The summed E-state index contributed by atoms with van der Waals surface area (Å²) in [6.07, 6.45) is 22.8. The summed E-state index contributed by atoms with van der Waals surface area (Å²) in [6, 6.07) is 29.8. The van der Waals surface area contributed by atoms with Gasteiger partial charge >= 0.3 is 0 Å². The van der Waals surface area contributed by atoms with Crippen LogP contribution in [0.5, 0.6) is 5.75 Å². The van der Waals surface area contributed by atoms with Crippen LogP contribution in [0.4, 0.5) is 0 Å². The first-order valence-corrected chi connectivity index (χ1v) is 48.7. The van der Waals surface area contributed by atoms with Gasteiger partial charge in [0.2, 0.25) is 14.2 Å². The van der Waals surface area contributed by atoms with Crippen LogP contribution in [-0.4, -0.2) is 143 Å². The molecule has 0 bridgehead atoms. The van der Waals surface area contributed by atoms with Gasteiger partial charge in [-0.05, 0) is 143 Å². The minimum atomic E-state index is -2.73. The minimum Gasteiger partial charge on any atom is -0.497 e. The number of benzene rings is 3. The summed E-state index contributed by atoms with van der Waals surface area (Å²) in [7, 11) is -0.487. The first-order chi connectivity index (χ1) is 52.7. The molecule has 2 aromatic heterocycles. The maximum absolute atomic E-state index is 7.68. The summed E-state index contributed by atoms with van der Waals surface area (Å²) in [4.78, 5) is 12.1. The van der Waals surface area contributed by atoms with Crippen molar-refractivity contribution in [3.63, 3.8) is 0 Å². The Morgan fingerprint density at radius 2 is 1.41 bits per heavy atom. The molecule has 15 atom stereocenters. The molecule has 0 radical (unpaired) electrons. The number of aromatic nitrogens is 2. The molecule has 5 aromatic rings. The third-order valence-corrected chi connectivity index (χ3v) is 40.4. The van der Waals surface area contributed by atoms with Crippen LogP contribution in [0.3, 0.4) is 0 Å². The lowest BCUT2D eigenvalue weighted by Gasteiger charge is -2.49. The van der Waals surface area contributed by atoms with E-state index in [4.69, 9.17) is 74.7 Å². The number of allylic oxidation sites excluding steroid dienone is 2. The van der Waals surface area contributed by atoms with E-state index in [2.05, 4.69) is 250 Å². The van der Waals surface area contributed by atoms with Crippen molar-refractivity contribution < 1.29 is 64.7 Å². The van der Waals surface area contributed by atoms with E-state index in [-0.39, 0.29) is 89.4 Å². The van der Waals surface area contributed by atoms with Gasteiger partial charge < -0.3 is 64.7 Å². The maximum atomic E-state index is 7.68. The molecule has 20 heteroatoms. The molecule has 4 saturated heterocycles. The molecular formula is C91H135BrN2O14Si3. The number of hydrogen-bond acceptors (Lipinski definition) is 16. The monoisotopic (exact) mass is 1640 g/mol. The van der Waals surface area contributed by atoms with Crippen molar-refractivity contribution in [3.8, 4) is 5.75 Å². The normalized spacial score (nSPS) is 26.5. The first kappa shape index (κ1) is 89.9. The molecule has 4 aliphatic heterocycles. The number of ether oxygens (including phenoxy) is 9. The van der Waals surface area contributed by atoms with Gasteiger partial charge in [-0.2, -0.15) is 0 Å². The average Bonchev–Trinajstić information content (AvgIpc) is 0.885. The van der Waals surface area contributed by atoms with Crippen LogP contribution in [0.1, 0.15) is 210 Å². The van der Waals surface area contributed by atoms with Gasteiger partial charge in [0.15, 0.2) is 20.0 Å². The zero-order chi connectivity index (χ0) is 80.6. The van der Waals surface area contributed by atoms with Crippen molar-refractivity contribution in [1.29, 1.82) is 0 Å². The van der Waals surface area contributed by atoms with Gasteiger partial charge in [0, 0.05) is 65.5 Å². The number of nitrogens with zero attached hydrogens (tertiary/aromatic N) is 2. The van der Waals surface area contributed by atoms with E-state index in [1.807, 2.05) is 29.3 Å². The highest BCUT2D eigenvalue weighted by atomic mass is 79.9. The second kappa shape index (κ2) is 40.2. The fourth-order valence-electron chi connectivity index (χ4n) is 17.6. The third kappa shape index (κ3) is 23.0. The largest absolute Gasteiger partial charge is 0.497 e. The van der Waals surface area contributed by atoms with E-state index in [1.54, 1.807) is 41.0 Å². The van der Waals surface area contributed by atoms with E-state index in [0.717, 1.165) is 60.3 Å². The van der Waals surface area contributed by atoms with Crippen LogP contribution in [0.2, 0.25) is 39.8 Å². The molecule has 6 heterocycles. The Bertz CT molecular complexity index is 3780. The van der Waals surface area contributed by atoms with E-state index < -0.39 is 42.9 Å². The molecule has 0 saturated carbocycles. The molecule has 111 heavy (non-hydrogen) atoms. The standard InChI is InChI=1S/C91H135BrN2O14Si3/c1-61(2)110(62(3)4,63(5)6)108-84(50-64(7)39-42-71(95-18)32-31-46-92)83-55-77(97-20)56-91(98-21,106-83)57-86-93-70(59-99-86)51-66(9)87-68(11)88(101-58-69-40-43-72(96-19)44-41-69)67(10)81(105-87)37-30-38-85-94-80(60-100-85)82-54-76(107-109(22,23)89(12,13)14)53-75(104-82)52-74-49-65(8)48-73(103-74)45-47-102-111(90(15,16)17,78-33-26-24-27-34-78)79-35-28-25-29-36-79/h24-31,33-36,38-44,46,50-51,59-63,67-68,71,73-77,81-84,87-88H,8,32,37,45,47-49,52-58H2,1-7,9-23H3/b38-30+,42-39+,46-31+,64-50+,66-51+/t67-,68-,71+,73-,74+,75+,76-,77+,81+,82+,83+,84+,87-,88-,91-/m0/s1. The number of methoxy groups -OCH3 is 4. The van der Waals surface area contributed by atoms with E-state index >= 15 is 0 Å². The predicted octanol–water partition coefficient (Wildman–Crippen LogP) is 21.3. The second-order valence-electron chi connectivity index (χ2n) is 35.3. The van der Waals surface area contributed by atoms with Gasteiger partial charge in [0.05, 0.1) is 87.3 Å². The van der Waals surface area contributed by atoms with Crippen molar-refractivity contribution in [1.82, 2.24) is 9.97 Å². The minimum absolute atomic E-state index is 0.00912. The number of halogens is 1. The number of oxazole rings is 2. The SMILES string of the molecule is C=C1C[C@H](C[C@@H]2C[C@H](O[Si](C)(C)C(C)(C)C)C[C@H](c3coc(/C=C/C[C@H]4O[C@@H](/C(C)=C/c5coc(C[C@]6(OC)C[C@H](OC)C[C@H]([C@@H](/C=C(C)/C=C/[C@@H](C/C=C/Br)OC)O[Si](C(C)C)(C(C)C)C(C)C)O6)n5)[C@H](C)[C@@H](OCc5ccc(OC)cc5)[C@H]4C)n3)O2)O[C@@H](CCO[Si](c2ccccc2)(c2ccccc2)C(C)(C)C)C1. The van der Waals surface area contributed by atoms with Gasteiger partial charge in [0.25, 0.3) is 8.32 Å². The van der Waals surface area contributed by atoms with Crippen molar-refractivity contribution in [3.05, 3.63) is 185 Å². The molecule has 0 amide bonds. The number of rotatable bonds is 36. The lowest BCUT2D eigenvalue weighted by Crippen LogP contribution is -2.66. The van der Waals surface area contributed by atoms with Gasteiger partial charge in [-0.25, -0.2) is 9.97 Å². The van der Waals surface area contributed by atoms with Gasteiger partial charge in [0.1, 0.15) is 35.8 Å². The molecule has 0 unspecified atom stereocenters. The van der Waals surface area contributed by atoms with Crippen LogP contribution in [0.25, 0.3) is 12.2 Å². The topological polar surface area (TPSA) is 163 Å². The Balaban J connectivity index is 0.915. The van der Waals surface area contributed by atoms with Gasteiger partial charge in [-0.15, -0.1) is 0 Å². The second-order valence-corrected chi connectivity index (χ2v) is 50.3. The molecule has 4 aliphatic rings. The zero-order valence-electron chi connectivity index (χ0n) is 71.1. The van der Waals surface area contributed by atoms with Crippen LogP contribution in [0.15, 0.2) is 165 Å². The van der Waals surface area contributed by atoms with Crippen molar-refractivity contribution in [2.45, 2.75) is 307 Å². The molecule has 4 fully saturated rings. The molecule has 0 N–H and O–H groups in total. The highest BCUT2D eigenvalue weighted by Gasteiger charge is 2.53. The molecule has 612 valence electrons. The molecule has 0 spiro atoms. The van der Waals surface area contributed by atoms with Crippen molar-refractivity contribution in [2.24, 2.45) is 11.8 Å². The van der Waals surface area contributed by atoms with Crippen LogP contribution in [-0.2, 0) is 64.2 Å². The lowest BCUT2D eigenvalue weighted by molar-refractivity contribution is -0.297. The molecular weight excluding hydrogens is 1510 g/mol. The summed E-state index contributed by atoms with van der Waals surface area (Å²) >= 11 is 3.41. The third-order valence-electron chi connectivity index (χ3n) is 24.4. The maximum Gasteiger partial charge on any atom is 0.261 e. The molecule has 9 rings (SSSR count). The molecule has 3 aromatic carbocycles. The Morgan fingerprint density at radius 1 is 0.748 bits per heavy atom. The van der Waals surface area contributed by atoms with Gasteiger partial charge in [-0.1, -0.05) is 234 Å². The van der Waals surface area contributed by atoms with Crippen LogP contribution in [0, 0.1) is 11.8 Å². The van der Waals surface area contributed by atoms with Gasteiger partial charge in [-0.3, -0.25) is 0 Å². The summed E-state index contributed by atoms with van der Waals surface area (Å²) in [5, 5.41) is 2.45. The zero-order valence-corrected chi connectivity index (χ0v) is 75.6. The number of hydrogen-bond donors (Lipinski definition) is 0. The Hall–Kier alpha value is -4.99. The summed E-state index contributed by atoms with van der Waals surface area (Å²) in [5.74, 6) is 0.610. The quantitative estimate of drug-likeness (QED) is 0.0211. The molecule has 16 nitrogen and oxygen atoms in total. The van der Waals surface area contributed by atoms with Crippen molar-refractivity contribution >= 4 is 63.4 Å². The van der Waals surface area contributed by atoms with Crippen LogP contribution >= 0.6 is 15.9 Å². The highest BCUT2D eigenvalue weighted by molar-refractivity contribution is 9.11. The van der Waals surface area contributed by atoms with Crippen LogP contribution < -0.4 is 15.1 Å². The average molecular weight is 1650 g/mol. The highest BCUT2D eigenvalue weighted by Crippen LogP contribution is 2.48. The predicted molar refractivity (Wildman–Crippen MR) is 458 cm³/mol. The summed E-state index contributed by atoms with van der Waals surface area (Å²) in [5.41, 5.74) is 6.74.